The summed E-state index contributed by atoms with van der Waals surface area (Å²) in [4.78, 5) is 28.5. The minimum absolute atomic E-state index is 0.0248. The molecule has 124 valence electrons. The predicted molar refractivity (Wildman–Crippen MR) is 87.6 cm³/mol. The molecular formula is C18H24N2O3. The van der Waals surface area contributed by atoms with E-state index in [9.17, 15) is 9.59 Å². The van der Waals surface area contributed by atoms with Crippen molar-refractivity contribution in [2.75, 3.05) is 26.7 Å². The van der Waals surface area contributed by atoms with E-state index in [2.05, 4.69) is 0 Å². The van der Waals surface area contributed by atoms with E-state index in [4.69, 9.17) is 4.74 Å². The van der Waals surface area contributed by atoms with Crippen LogP contribution in [-0.4, -0.2) is 54.4 Å². The van der Waals surface area contributed by atoms with Crippen molar-refractivity contribution < 1.29 is 14.3 Å². The quantitative estimate of drug-likeness (QED) is 0.859. The molecule has 3 rings (SSSR count). The standard InChI is InChI=1S/C18H24N2O3/c1-13-5-3-6-15(17(13)23-2)18(22)19-11-8-14(9-12-19)20-10-4-7-16(20)21/h3,5-6,14H,4,7-12H2,1-2H3. The molecule has 2 aliphatic heterocycles. The molecule has 2 aliphatic rings. The Morgan fingerprint density at radius 2 is 1.96 bits per heavy atom. The first-order chi connectivity index (χ1) is 11.1. The van der Waals surface area contributed by atoms with Crippen molar-refractivity contribution in [2.24, 2.45) is 0 Å². The van der Waals surface area contributed by atoms with E-state index in [-0.39, 0.29) is 11.8 Å². The van der Waals surface area contributed by atoms with E-state index in [0.29, 0.717) is 36.9 Å². The highest BCUT2D eigenvalue weighted by Gasteiger charge is 2.32. The van der Waals surface area contributed by atoms with Crippen molar-refractivity contribution in [2.45, 2.75) is 38.6 Å². The molecule has 0 saturated carbocycles. The zero-order chi connectivity index (χ0) is 16.4. The third-order valence-corrected chi connectivity index (χ3v) is 4.95. The molecule has 0 radical (unpaired) electrons. The van der Waals surface area contributed by atoms with Crippen molar-refractivity contribution >= 4 is 11.8 Å². The summed E-state index contributed by atoms with van der Waals surface area (Å²) in [7, 11) is 1.60. The van der Waals surface area contributed by atoms with Gasteiger partial charge in [-0.3, -0.25) is 9.59 Å². The number of likely N-dealkylation sites (tertiary alicyclic amines) is 2. The summed E-state index contributed by atoms with van der Waals surface area (Å²) >= 11 is 0. The maximum atomic E-state index is 12.8. The fourth-order valence-corrected chi connectivity index (χ4v) is 3.70. The summed E-state index contributed by atoms with van der Waals surface area (Å²) in [5.74, 6) is 0.959. The normalized spacial score (nSPS) is 19.3. The third kappa shape index (κ3) is 3.05. The van der Waals surface area contributed by atoms with Crippen LogP contribution < -0.4 is 4.74 Å². The van der Waals surface area contributed by atoms with Gasteiger partial charge in [0.1, 0.15) is 5.75 Å². The molecule has 0 N–H and O–H groups in total. The summed E-state index contributed by atoms with van der Waals surface area (Å²) in [5, 5.41) is 0. The summed E-state index contributed by atoms with van der Waals surface area (Å²) in [6.45, 7) is 4.22. The lowest BCUT2D eigenvalue weighted by atomic mass is 10.0. The fraction of sp³-hybridized carbons (Fsp3) is 0.556. The third-order valence-electron chi connectivity index (χ3n) is 4.95. The minimum Gasteiger partial charge on any atom is -0.496 e. The average Bonchev–Trinajstić information content (AvgIpc) is 3.00. The average molecular weight is 316 g/mol. The van der Waals surface area contributed by atoms with Gasteiger partial charge in [0.05, 0.1) is 12.7 Å². The second-order valence-corrected chi connectivity index (χ2v) is 6.37. The predicted octanol–water partition coefficient (Wildman–Crippen LogP) is 2.23. The van der Waals surface area contributed by atoms with Gasteiger partial charge in [-0.25, -0.2) is 0 Å². The SMILES string of the molecule is COc1c(C)cccc1C(=O)N1CCC(N2CCCC2=O)CC1. The first-order valence-corrected chi connectivity index (χ1v) is 8.34. The monoisotopic (exact) mass is 316 g/mol. The molecule has 2 heterocycles. The van der Waals surface area contributed by atoms with Crippen LogP contribution in [0.5, 0.6) is 5.75 Å². The van der Waals surface area contributed by atoms with Gasteiger partial charge in [0.2, 0.25) is 5.91 Å². The van der Waals surface area contributed by atoms with Gasteiger partial charge in [0, 0.05) is 32.1 Å². The van der Waals surface area contributed by atoms with Crippen LogP contribution in [0.3, 0.4) is 0 Å². The van der Waals surface area contributed by atoms with E-state index >= 15 is 0 Å². The number of rotatable bonds is 3. The molecule has 1 aromatic carbocycles. The number of methoxy groups -OCH3 is 1. The largest absolute Gasteiger partial charge is 0.496 e. The molecule has 23 heavy (non-hydrogen) atoms. The van der Waals surface area contributed by atoms with Crippen molar-refractivity contribution in [3.8, 4) is 5.75 Å². The van der Waals surface area contributed by atoms with Crippen LogP contribution >= 0.6 is 0 Å². The van der Waals surface area contributed by atoms with Crippen LogP contribution in [-0.2, 0) is 4.79 Å². The molecule has 2 saturated heterocycles. The summed E-state index contributed by atoms with van der Waals surface area (Å²) in [5.41, 5.74) is 1.60. The van der Waals surface area contributed by atoms with Crippen molar-refractivity contribution in [3.63, 3.8) is 0 Å². The first kappa shape index (κ1) is 15.8. The Bertz CT molecular complexity index is 606. The molecular weight excluding hydrogens is 292 g/mol. The molecule has 5 nitrogen and oxygen atoms in total. The van der Waals surface area contributed by atoms with E-state index in [1.165, 1.54) is 0 Å². The lowest BCUT2D eigenvalue weighted by Gasteiger charge is -2.36. The molecule has 2 amide bonds. The van der Waals surface area contributed by atoms with Gasteiger partial charge in [-0.15, -0.1) is 0 Å². The second-order valence-electron chi connectivity index (χ2n) is 6.37. The molecule has 0 bridgehead atoms. The number of nitrogens with zero attached hydrogens (tertiary/aromatic N) is 2. The number of amides is 2. The molecule has 0 spiro atoms. The molecule has 1 aromatic rings. The summed E-state index contributed by atoms with van der Waals surface area (Å²) in [6, 6.07) is 5.96. The Morgan fingerprint density at radius 3 is 2.57 bits per heavy atom. The van der Waals surface area contributed by atoms with Gasteiger partial charge in [0.15, 0.2) is 0 Å². The highest BCUT2D eigenvalue weighted by atomic mass is 16.5. The Balaban J connectivity index is 1.67. The summed E-state index contributed by atoms with van der Waals surface area (Å²) in [6.07, 6.45) is 3.38. The zero-order valence-corrected chi connectivity index (χ0v) is 13.9. The number of hydrogen-bond acceptors (Lipinski definition) is 3. The van der Waals surface area contributed by atoms with Gasteiger partial charge in [-0.05, 0) is 37.8 Å². The van der Waals surface area contributed by atoms with E-state index in [1.807, 2.05) is 34.9 Å². The Kier molecular flexibility index (Phi) is 4.55. The van der Waals surface area contributed by atoms with E-state index in [0.717, 1.165) is 31.4 Å². The molecule has 5 heteroatoms. The van der Waals surface area contributed by atoms with Crippen LogP contribution in [0.1, 0.15) is 41.6 Å². The topological polar surface area (TPSA) is 49.9 Å². The number of carbonyl (C=O) groups excluding carboxylic acids is 2. The van der Waals surface area contributed by atoms with Crippen LogP contribution in [0.4, 0.5) is 0 Å². The molecule has 0 unspecified atom stereocenters. The lowest BCUT2D eigenvalue weighted by molar-refractivity contribution is -0.130. The second kappa shape index (κ2) is 6.60. The Morgan fingerprint density at radius 1 is 1.22 bits per heavy atom. The molecule has 0 atom stereocenters. The maximum absolute atomic E-state index is 12.8. The van der Waals surface area contributed by atoms with Crippen molar-refractivity contribution in [3.05, 3.63) is 29.3 Å². The van der Waals surface area contributed by atoms with Gasteiger partial charge < -0.3 is 14.5 Å². The number of hydrogen-bond donors (Lipinski definition) is 0. The Labute approximate surface area is 137 Å². The smallest absolute Gasteiger partial charge is 0.257 e. The molecule has 0 aliphatic carbocycles. The summed E-state index contributed by atoms with van der Waals surface area (Å²) < 4.78 is 5.40. The van der Waals surface area contributed by atoms with E-state index < -0.39 is 0 Å². The first-order valence-electron chi connectivity index (χ1n) is 8.34. The number of carbonyl (C=O) groups is 2. The maximum Gasteiger partial charge on any atom is 0.257 e. The highest BCUT2D eigenvalue weighted by Crippen LogP contribution is 2.27. The van der Waals surface area contributed by atoms with Crippen molar-refractivity contribution in [1.82, 2.24) is 9.80 Å². The van der Waals surface area contributed by atoms with Gasteiger partial charge in [-0.2, -0.15) is 0 Å². The van der Waals surface area contributed by atoms with Crippen LogP contribution in [0.15, 0.2) is 18.2 Å². The highest BCUT2D eigenvalue weighted by molar-refractivity contribution is 5.97. The van der Waals surface area contributed by atoms with Crippen LogP contribution in [0.25, 0.3) is 0 Å². The number of para-hydroxylation sites is 1. The molecule has 2 fully saturated rings. The zero-order valence-electron chi connectivity index (χ0n) is 13.9. The number of aryl methyl sites for hydroxylation is 1. The van der Waals surface area contributed by atoms with Gasteiger partial charge in [-0.1, -0.05) is 12.1 Å². The molecule has 0 aromatic heterocycles. The van der Waals surface area contributed by atoms with Gasteiger partial charge in [0.25, 0.3) is 5.91 Å². The van der Waals surface area contributed by atoms with E-state index in [1.54, 1.807) is 7.11 Å². The van der Waals surface area contributed by atoms with Crippen LogP contribution in [0, 0.1) is 6.92 Å². The lowest BCUT2D eigenvalue weighted by Crippen LogP contribution is -2.47. The number of benzene rings is 1. The van der Waals surface area contributed by atoms with Crippen molar-refractivity contribution in [1.29, 1.82) is 0 Å². The Hall–Kier alpha value is -2.04. The minimum atomic E-state index is 0.0248. The number of ether oxygens (including phenoxy) is 1. The number of piperidine rings is 1. The fourth-order valence-electron chi connectivity index (χ4n) is 3.70. The van der Waals surface area contributed by atoms with Gasteiger partial charge >= 0.3 is 0 Å². The van der Waals surface area contributed by atoms with Crippen LogP contribution in [0.2, 0.25) is 0 Å².